The molecule has 0 saturated carbocycles. The van der Waals surface area contributed by atoms with Crippen LogP contribution in [0.1, 0.15) is 22.8 Å². The van der Waals surface area contributed by atoms with E-state index in [0.717, 1.165) is 27.9 Å². The first-order valence-corrected chi connectivity index (χ1v) is 11.2. The number of benzene rings is 2. The van der Waals surface area contributed by atoms with Crippen LogP contribution in [0.15, 0.2) is 71.7 Å². The second-order valence-corrected chi connectivity index (χ2v) is 9.15. The molecule has 0 aliphatic carbocycles. The lowest BCUT2D eigenvalue weighted by atomic mass is 10.0. The minimum Gasteiger partial charge on any atom is -0.345 e. The van der Waals surface area contributed by atoms with Crippen LogP contribution in [-0.2, 0) is 22.4 Å². The Kier molecular flexibility index (Phi) is 6.66. The number of thiol groups is 1. The van der Waals surface area contributed by atoms with Gasteiger partial charge in [-0.05, 0) is 41.8 Å². The van der Waals surface area contributed by atoms with Crippen molar-refractivity contribution < 1.29 is 9.47 Å². The molecule has 3 aromatic rings. The number of halogens is 2. The fraction of sp³-hybridized carbons (Fsp3) is 0.318. The number of aromatic nitrogens is 2. The molecule has 1 aliphatic heterocycles. The third kappa shape index (κ3) is 5.25. The molecule has 3 unspecified atom stereocenters. The van der Waals surface area contributed by atoms with Crippen LogP contribution in [0.5, 0.6) is 0 Å². The Bertz CT molecular complexity index is 938. The molecule has 0 bridgehead atoms. The second-order valence-electron chi connectivity index (χ2n) is 7.24. The van der Waals surface area contributed by atoms with Crippen LogP contribution in [0.25, 0.3) is 0 Å². The molecule has 1 saturated heterocycles. The van der Waals surface area contributed by atoms with Crippen LogP contribution in [0.4, 0.5) is 0 Å². The van der Waals surface area contributed by atoms with Gasteiger partial charge in [-0.2, -0.15) is 12.6 Å². The topological polar surface area (TPSA) is 36.3 Å². The van der Waals surface area contributed by atoms with E-state index in [1.807, 2.05) is 47.2 Å². The second kappa shape index (κ2) is 9.23. The summed E-state index contributed by atoms with van der Waals surface area (Å²) in [5.74, 6) is -0.724. The van der Waals surface area contributed by atoms with Gasteiger partial charge in [-0.3, -0.25) is 0 Å². The fourth-order valence-corrected chi connectivity index (χ4v) is 4.43. The predicted molar refractivity (Wildman–Crippen MR) is 121 cm³/mol. The van der Waals surface area contributed by atoms with Crippen LogP contribution < -0.4 is 0 Å². The van der Waals surface area contributed by atoms with Gasteiger partial charge in [-0.15, -0.1) is 0 Å². The maximum absolute atomic E-state index is 6.54. The predicted octanol–water partition coefficient (Wildman–Crippen LogP) is 5.71. The highest BCUT2D eigenvalue weighted by molar-refractivity contribution is 9.10. The molecular formula is C22H22BrClN2O2S. The van der Waals surface area contributed by atoms with Crippen LogP contribution in [0.2, 0.25) is 5.02 Å². The molecular weight excluding hydrogens is 472 g/mol. The van der Waals surface area contributed by atoms with E-state index in [9.17, 15) is 0 Å². The SMILES string of the molecule is SC(c1cccc(Br)c1)C1COC(CCc2ccc(Cl)cc2)(Cn2ccnc2)O1. The number of aryl methyl sites for hydroxylation is 1. The highest BCUT2D eigenvalue weighted by atomic mass is 79.9. The molecule has 2 aromatic carbocycles. The molecule has 0 N–H and O–H groups in total. The molecule has 7 heteroatoms. The highest BCUT2D eigenvalue weighted by Gasteiger charge is 2.44. The van der Waals surface area contributed by atoms with Gasteiger partial charge in [0.1, 0.15) is 6.10 Å². The summed E-state index contributed by atoms with van der Waals surface area (Å²) >= 11 is 14.4. The maximum Gasteiger partial charge on any atom is 0.187 e. The standard InChI is InChI=1S/C22H22BrClN2O2S/c23-18-3-1-2-17(12-18)21(29)20-13-27-22(28-20,14-26-11-10-25-15-26)9-8-16-4-6-19(24)7-5-16/h1-7,10-12,15,20-21,29H,8-9,13-14H2. The molecule has 1 aromatic heterocycles. The van der Waals surface area contributed by atoms with E-state index < -0.39 is 5.79 Å². The Morgan fingerprint density at radius 1 is 1.28 bits per heavy atom. The zero-order chi connectivity index (χ0) is 20.3. The summed E-state index contributed by atoms with van der Waals surface area (Å²) in [5, 5.41) is 0.662. The van der Waals surface area contributed by atoms with Gasteiger partial charge in [0.2, 0.25) is 0 Å². The molecule has 0 amide bonds. The van der Waals surface area contributed by atoms with Gasteiger partial charge < -0.3 is 14.0 Å². The summed E-state index contributed by atoms with van der Waals surface area (Å²) in [6.07, 6.45) is 6.89. The van der Waals surface area contributed by atoms with Gasteiger partial charge in [0, 0.05) is 28.3 Å². The van der Waals surface area contributed by atoms with E-state index in [0.29, 0.717) is 13.2 Å². The molecule has 0 spiro atoms. The van der Waals surface area contributed by atoms with E-state index in [4.69, 9.17) is 33.7 Å². The monoisotopic (exact) mass is 492 g/mol. The zero-order valence-corrected chi connectivity index (χ0v) is 19.0. The molecule has 0 radical (unpaired) electrons. The first kappa shape index (κ1) is 20.9. The van der Waals surface area contributed by atoms with E-state index >= 15 is 0 Å². The van der Waals surface area contributed by atoms with Crippen molar-refractivity contribution in [3.63, 3.8) is 0 Å². The number of hydrogen-bond donors (Lipinski definition) is 1. The Morgan fingerprint density at radius 2 is 2.10 bits per heavy atom. The van der Waals surface area contributed by atoms with Gasteiger partial charge in [-0.25, -0.2) is 4.98 Å². The Hall–Kier alpha value is -1.31. The van der Waals surface area contributed by atoms with E-state index in [2.05, 4.69) is 33.0 Å². The van der Waals surface area contributed by atoms with Gasteiger partial charge in [0.25, 0.3) is 0 Å². The minimum absolute atomic E-state index is 0.0762. The first-order valence-electron chi connectivity index (χ1n) is 9.48. The minimum atomic E-state index is -0.724. The van der Waals surface area contributed by atoms with Crippen LogP contribution in [0.3, 0.4) is 0 Å². The normalized spacial score (nSPS) is 22.7. The lowest BCUT2D eigenvalue weighted by Crippen LogP contribution is -2.37. The van der Waals surface area contributed by atoms with Crippen molar-refractivity contribution in [2.45, 2.75) is 36.5 Å². The number of nitrogens with zero attached hydrogens (tertiary/aromatic N) is 2. The molecule has 2 heterocycles. The third-order valence-electron chi connectivity index (χ3n) is 5.11. The third-order valence-corrected chi connectivity index (χ3v) is 6.49. The lowest BCUT2D eigenvalue weighted by molar-refractivity contribution is -0.182. The number of rotatable bonds is 7. The average Bonchev–Trinajstić information content (AvgIpc) is 3.38. The summed E-state index contributed by atoms with van der Waals surface area (Å²) in [6, 6.07) is 16.1. The first-order chi connectivity index (χ1) is 14.0. The van der Waals surface area contributed by atoms with Crippen molar-refractivity contribution in [2.75, 3.05) is 6.61 Å². The van der Waals surface area contributed by atoms with E-state index in [1.165, 1.54) is 5.56 Å². The van der Waals surface area contributed by atoms with Gasteiger partial charge in [0.15, 0.2) is 5.79 Å². The molecule has 29 heavy (non-hydrogen) atoms. The summed E-state index contributed by atoms with van der Waals surface area (Å²) in [7, 11) is 0. The van der Waals surface area contributed by atoms with Crippen molar-refractivity contribution in [3.05, 3.63) is 87.9 Å². The van der Waals surface area contributed by atoms with Gasteiger partial charge >= 0.3 is 0 Å². The molecule has 1 fully saturated rings. The molecule has 152 valence electrons. The van der Waals surface area contributed by atoms with E-state index in [1.54, 1.807) is 12.5 Å². The Morgan fingerprint density at radius 3 is 2.83 bits per heavy atom. The fourth-order valence-electron chi connectivity index (χ4n) is 3.58. The van der Waals surface area contributed by atoms with Crippen LogP contribution in [-0.4, -0.2) is 28.0 Å². The smallest absolute Gasteiger partial charge is 0.187 e. The molecule has 4 nitrogen and oxygen atoms in total. The van der Waals surface area contributed by atoms with E-state index in [-0.39, 0.29) is 11.4 Å². The summed E-state index contributed by atoms with van der Waals surface area (Å²) in [6.45, 7) is 1.08. The average molecular weight is 494 g/mol. The number of hydrogen-bond acceptors (Lipinski definition) is 4. The molecule has 3 atom stereocenters. The lowest BCUT2D eigenvalue weighted by Gasteiger charge is -2.29. The Labute approximate surface area is 189 Å². The van der Waals surface area contributed by atoms with Gasteiger partial charge in [-0.1, -0.05) is 51.8 Å². The van der Waals surface area contributed by atoms with Gasteiger partial charge in [0.05, 0.1) is 24.7 Å². The zero-order valence-electron chi connectivity index (χ0n) is 15.7. The summed E-state index contributed by atoms with van der Waals surface area (Å²) < 4.78 is 15.8. The van der Waals surface area contributed by atoms with Crippen molar-refractivity contribution in [3.8, 4) is 0 Å². The maximum atomic E-state index is 6.54. The van der Waals surface area contributed by atoms with Crippen molar-refractivity contribution in [1.82, 2.24) is 9.55 Å². The molecule has 4 rings (SSSR count). The van der Waals surface area contributed by atoms with Crippen LogP contribution >= 0.6 is 40.2 Å². The molecule has 1 aliphatic rings. The van der Waals surface area contributed by atoms with Crippen LogP contribution in [0, 0.1) is 0 Å². The largest absolute Gasteiger partial charge is 0.345 e. The highest BCUT2D eigenvalue weighted by Crippen LogP contribution is 2.38. The van der Waals surface area contributed by atoms with Crippen molar-refractivity contribution in [1.29, 1.82) is 0 Å². The summed E-state index contributed by atoms with van der Waals surface area (Å²) in [5.41, 5.74) is 2.30. The number of ether oxygens (including phenoxy) is 2. The number of imidazole rings is 1. The summed E-state index contributed by atoms with van der Waals surface area (Å²) in [4.78, 5) is 4.15. The van der Waals surface area contributed by atoms with Crippen molar-refractivity contribution >= 4 is 40.2 Å². The van der Waals surface area contributed by atoms with Crippen molar-refractivity contribution in [2.24, 2.45) is 0 Å². The Balaban J connectivity index is 1.50. The quantitative estimate of drug-likeness (QED) is 0.428.